The second-order valence-corrected chi connectivity index (χ2v) is 4.04. The fourth-order valence-corrected chi connectivity index (χ4v) is 1.85. The summed E-state index contributed by atoms with van der Waals surface area (Å²) in [6.45, 7) is 0. The minimum Gasteiger partial charge on any atom is -0.478 e. The van der Waals surface area contributed by atoms with Crippen molar-refractivity contribution in [2.24, 2.45) is 0 Å². The topological polar surface area (TPSA) is 79.3 Å². The molecule has 18 heavy (non-hydrogen) atoms. The largest absolute Gasteiger partial charge is 0.478 e. The number of aromatic carboxylic acids is 1. The van der Waals surface area contributed by atoms with Crippen molar-refractivity contribution < 1.29 is 19.1 Å². The molecule has 2 N–H and O–H groups in total. The Morgan fingerprint density at radius 1 is 1.39 bits per heavy atom. The SMILES string of the molecule is O=C(Nc1cc(F)ccc1C(=O)O)c1cscn1. The lowest BCUT2D eigenvalue weighted by Crippen LogP contribution is -2.15. The number of carboxylic acid groups (broad SMARTS) is 1. The Hall–Kier alpha value is -2.28. The molecule has 7 heteroatoms. The zero-order chi connectivity index (χ0) is 13.1. The molecule has 0 saturated heterocycles. The third-order valence-electron chi connectivity index (χ3n) is 2.13. The van der Waals surface area contributed by atoms with E-state index in [1.54, 1.807) is 0 Å². The molecule has 0 aliphatic carbocycles. The van der Waals surface area contributed by atoms with E-state index in [2.05, 4.69) is 10.3 Å². The van der Waals surface area contributed by atoms with Crippen molar-refractivity contribution in [3.8, 4) is 0 Å². The van der Waals surface area contributed by atoms with Crippen molar-refractivity contribution in [2.75, 3.05) is 5.32 Å². The van der Waals surface area contributed by atoms with Gasteiger partial charge in [0.1, 0.15) is 11.5 Å². The second-order valence-electron chi connectivity index (χ2n) is 3.32. The predicted octanol–water partition coefficient (Wildman–Crippen LogP) is 2.23. The van der Waals surface area contributed by atoms with Gasteiger partial charge in [0.2, 0.25) is 0 Å². The van der Waals surface area contributed by atoms with Crippen molar-refractivity contribution in [2.45, 2.75) is 0 Å². The van der Waals surface area contributed by atoms with Gasteiger partial charge in [-0.05, 0) is 18.2 Å². The number of carboxylic acids is 1. The average Bonchev–Trinajstić information content (AvgIpc) is 2.81. The minimum absolute atomic E-state index is 0.0968. The molecule has 1 aromatic carbocycles. The summed E-state index contributed by atoms with van der Waals surface area (Å²) < 4.78 is 13.0. The lowest BCUT2D eigenvalue weighted by molar-refractivity contribution is 0.0698. The van der Waals surface area contributed by atoms with E-state index in [0.29, 0.717) is 0 Å². The molecule has 2 rings (SSSR count). The monoisotopic (exact) mass is 266 g/mol. The molecule has 0 spiro atoms. The third-order valence-corrected chi connectivity index (χ3v) is 2.71. The number of carbonyl (C=O) groups excluding carboxylic acids is 1. The first-order valence-electron chi connectivity index (χ1n) is 4.80. The van der Waals surface area contributed by atoms with Crippen LogP contribution in [0.5, 0.6) is 0 Å². The molecule has 92 valence electrons. The van der Waals surface area contributed by atoms with Crippen LogP contribution in [0.2, 0.25) is 0 Å². The maximum absolute atomic E-state index is 13.0. The first-order valence-corrected chi connectivity index (χ1v) is 5.74. The zero-order valence-corrected chi connectivity index (χ0v) is 9.70. The Kier molecular flexibility index (Phi) is 3.33. The summed E-state index contributed by atoms with van der Waals surface area (Å²) in [7, 11) is 0. The Balaban J connectivity index is 2.31. The van der Waals surface area contributed by atoms with Crippen molar-refractivity contribution in [1.82, 2.24) is 4.98 Å². The number of benzene rings is 1. The minimum atomic E-state index is -1.25. The third kappa shape index (κ3) is 2.51. The highest BCUT2D eigenvalue weighted by molar-refractivity contribution is 7.07. The number of hydrogen-bond donors (Lipinski definition) is 2. The molecule has 0 atom stereocenters. The number of nitrogens with zero attached hydrogens (tertiary/aromatic N) is 1. The van der Waals surface area contributed by atoms with E-state index < -0.39 is 17.7 Å². The molecule has 0 bridgehead atoms. The maximum Gasteiger partial charge on any atom is 0.337 e. The first kappa shape index (κ1) is 12.2. The number of rotatable bonds is 3. The maximum atomic E-state index is 13.0. The Morgan fingerprint density at radius 3 is 2.78 bits per heavy atom. The van der Waals surface area contributed by atoms with E-state index >= 15 is 0 Å². The summed E-state index contributed by atoms with van der Waals surface area (Å²) in [4.78, 5) is 26.4. The van der Waals surface area contributed by atoms with Gasteiger partial charge in [0.05, 0.1) is 16.8 Å². The molecule has 0 unspecified atom stereocenters. The molecule has 1 aromatic heterocycles. The highest BCUT2D eigenvalue weighted by Crippen LogP contribution is 2.18. The van der Waals surface area contributed by atoms with Gasteiger partial charge in [0.15, 0.2) is 0 Å². The number of amides is 1. The van der Waals surface area contributed by atoms with Crippen molar-refractivity contribution in [3.05, 3.63) is 46.2 Å². The number of anilines is 1. The van der Waals surface area contributed by atoms with E-state index in [-0.39, 0.29) is 16.9 Å². The van der Waals surface area contributed by atoms with Crippen LogP contribution in [0.3, 0.4) is 0 Å². The lowest BCUT2D eigenvalue weighted by atomic mass is 10.1. The van der Waals surface area contributed by atoms with Crippen molar-refractivity contribution >= 4 is 28.9 Å². The molecule has 5 nitrogen and oxygen atoms in total. The van der Waals surface area contributed by atoms with Gasteiger partial charge in [0.25, 0.3) is 5.91 Å². The Bertz CT molecular complexity index is 598. The molecule has 0 aliphatic rings. The molecule has 0 saturated carbocycles. The van der Waals surface area contributed by atoms with E-state index in [0.717, 1.165) is 18.2 Å². The standard InChI is InChI=1S/C11H7FN2O3S/c12-6-1-2-7(11(16)17)8(3-6)14-10(15)9-4-18-5-13-9/h1-5H,(H,14,15)(H,16,17). The number of halogens is 1. The van der Waals surface area contributed by atoms with Crippen LogP contribution in [-0.2, 0) is 0 Å². The van der Waals surface area contributed by atoms with Gasteiger partial charge < -0.3 is 10.4 Å². The van der Waals surface area contributed by atoms with Gasteiger partial charge in [-0.3, -0.25) is 4.79 Å². The van der Waals surface area contributed by atoms with Crippen LogP contribution in [0, 0.1) is 5.82 Å². The molecule has 0 radical (unpaired) electrons. The molecule has 1 amide bonds. The number of aromatic nitrogens is 1. The Morgan fingerprint density at radius 2 is 2.17 bits per heavy atom. The van der Waals surface area contributed by atoms with Crippen LogP contribution in [0.4, 0.5) is 10.1 Å². The van der Waals surface area contributed by atoms with E-state index in [1.165, 1.54) is 22.2 Å². The highest BCUT2D eigenvalue weighted by atomic mass is 32.1. The average molecular weight is 266 g/mol. The summed E-state index contributed by atoms with van der Waals surface area (Å²) in [6.07, 6.45) is 0. The van der Waals surface area contributed by atoms with Gasteiger partial charge in [-0.2, -0.15) is 0 Å². The van der Waals surface area contributed by atoms with E-state index in [9.17, 15) is 14.0 Å². The van der Waals surface area contributed by atoms with E-state index in [1.807, 2.05) is 0 Å². The van der Waals surface area contributed by atoms with Crippen LogP contribution in [0.15, 0.2) is 29.1 Å². The molecule has 0 aliphatic heterocycles. The Labute approximate surface area is 105 Å². The van der Waals surface area contributed by atoms with Crippen molar-refractivity contribution in [1.29, 1.82) is 0 Å². The molecule has 1 heterocycles. The van der Waals surface area contributed by atoms with Gasteiger partial charge in [-0.15, -0.1) is 11.3 Å². The van der Waals surface area contributed by atoms with E-state index in [4.69, 9.17) is 5.11 Å². The van der Waals surface area contributed by atoms with Crippen LogP contribution in [0.25, 0.3) is 0 Å². The van der Waals surface area contributed by atoms with Gasteiger partial charge in [-0.1, -0.05) is 0 Å². The highest BCUT2D eigenvalue weighted by Gasteiger charge is 2.15. The van der Waals surface area contributed by atoms with Gasteiger partial charge in [-0.25, -0.2) is 14.2 Å². The van der Waals surface area contributed by atoms with Crippen LogP contribution >= 0.6 is 11.3 Å². The number of thiazole rings is 1. The summed E-state index contributed by atoms with van der Waals surface area (Å²) in [5.74, 6) is -2.46. The fourth-order valence-electron chi connectivity index (χ4n) is 1.32. The van der Waals surface area contributed by atoms with Gasteiger partial charge in [0, 0.05) is 5.38 Å². The molecule has 0 fully saturated rings. The smallest absolute Gasteiger partial charge is 0.337 e. The molecular weight excluding hydrogens is 259 g/mol. The zero-order valence-electron chi connectivity index (χ0n) is 8.88. The van der Waals surface area contributed by atoms with Crippen LogP contribution < -0.4 is 5.32 Å². The summed E-state index contributed by atoms with van der Waals surface area (Å²) in [5.41, 5.74) is 1.35. The van der Waals surface area contributed by atoms with Crippen molar-refractivity contribution in [3.63, 3.8) is 0 Å². The number of nitrogens with one attached hydrogen (secondary N) is 1. The number of hydrogen-bond acceptors (Lipinski definition) is 4. The van der Waals surface area contributed by atoms with Crippen LogP contribution in [0.1, 0.15) is 20.8 Å². The predicted molar refractivity (Wildman–Crippen MR) is 63.4 cm³/mol. The molecular formula is C11H7FN2O3S. The fraction of sp³-hybridized carbons (Fsp3) is 0. The molecule has 2 aromatic rings. The quantitative estimate of drug-likeness (QED) is 0.892. The van der Waals surface area contributed by atoms with Crippen LogP contribution in [-0.4, -0.2) is 22.0 Å². The summed E-state index contributed by atoms with van der Waals surface area (Å²) in [5, 5.41) is 12.7. The number of carbonyl (C=O) groups is 2. The summed E-state index contributed by atoms with van der Waals surface area (Å²) in [6, 6.07) is 3.06. The van der Waals surface area contributed by atoms with Gasteiger partial charge >= 0.3 is 5.97 Å². The normalized spacial score (nSPS) is 10.1. The lowest BCUT2D eigenvalue weighted by Gasteiger charge is -2.07. The summed E-state index contributed by atoms with van der Waals surface area (Å²) >= 11 is 1.23. The first-order chi connectivity index (χ1) is 8.58. The second kappa shape index (κ2) is 4.92.